The first kappa shape index (κ1) is 20.2. The number of nitrogens with zero attached hydrogens (tertiary/aromatic N) is 2. The summed E-state index contributed by atoms with van der Waals surface area (Å²) in [5.74, 6) is -2.50. The molecule has 154 valence electrons. The second kappa shape index (κ2) is 8.36. The van der Waals surface area contributed by atoms with Gasteiger partial charge >= 0.3 is 0 Å². The van der Waals surface area contributed by atoms with E-state index in [0.717, 1.165) is 23.8 Å². The quantitative estimate of drug-likeness (QED) is 0.609. The number of carbonyl (C=O) groups is 2. The first-order valence-electron chi connectivity index (χ1n) is 9.53. The Hall–Kier alpha value is -3.06. The monoisotopic (exact) mass is 429 g/mol. The third kappa shape index (κ3) is 3.98. The van der Waals surface area contributed by atoms with E-state index in [1.165, 1.54) is 0 Å². The van der Waals surface area contributed by atoms with Gasteiger partial charge < -0.3 is 4.90 Å². The second-order valence-corrected chi connectivity index (χ2v) is 7.61. The van der Waals surface area contributed by atoms with Crippen LogP contribution in [0.3, 0.4) is 0 Å². The largest absolute Gasteiger partial charge is 0.337 e. The lowest BCUT2D eigenvalue weighted by atomic mass is 9.88. The van der Waals surface area contributed by atoms with Crippen molar-refractivity contribution in [1.29, 1.82) is 0 Å². The standard InChI is InChI=1S/C22H18ClF2N3O2/c23-17-4-2-1-3-15(17)19-12-20(27-26-19)22(30)28-9-7-13(8-10-28)21(29)16-11-14(24)5-6-18(16)25/h1-6,11-13H,7-10H2,(H,26,27). The number of halogens is 3. The van der Waals surface area contributed by atoms with Crippen LogP contribution in [0.1, 0.15) is 33.7 Å². The normalized spacial score (nSPS) is 14.7. The average molecular weight is 430 g/mol. The Morgan fingerprint density at radius 2 is 1.80 bits per heavy atom. The first-order chi connectivity index (χ1) is 14.4. The summed E-state index contributed by atoms with van der Waals surface area (Å²) in [7, 11) is 0. The van der Waals surface area contributed by atoms with Crippen molar-refractivity contribution in [2.24, 2.45) is 5.92 Å². The molecule has 3 aromatic rings. The molecule has 0 radical (unpaired) electrons. The zero-order valence-corrected chi connectivity index (χ0v) is 16.6. The topological polar surface area (TPSA) is 66.1 Å². The third-order valence-corrected chi connectivity index (χ3v) is 5.63. The highest BCUT2D eigenvalue weighted by Crippen LogP contribution is 2.28. The Morgan fingerprint density at radius 3 is 2.53 bits per heavy atom. The van der Waals surface area contributed by atoms with Gasteiger partial charge in [-0.25, -0.2) is 8.78 Å². The van der Waals surface area contributed by atoms with Crippen LogP contribution in [-0.4, -0.2) is 39.9 Å². The number of piperidine rings is 1. The molecule has 1 amide bonds. The van der Waals surface area contributed by atoms with Gasteiger partial charge in [0.1, 0.15) is 17.3 Å². The molecule has 2 heterocycles. The zero-order valence-electron chi connectivity index (χ0n) is 15.9. The Bertz CT molecular complexity index is 1110. The molecule has 0 bridgehead atoms. The number of ketones is 1. The van der Waals surface area contributed by atoms with E-state index in [9.17, 15) is 18.4 Å². The van der Waals surface area contributed by atoms with Gasteiger partial charge in [-0.05, 0) is 43.2 Å². The maximum absolute atomic E-state index is 13.9. The molecule has 1 fully saturated rings. The molecule has 30 heavy (non-hydrogen) atoms. The highest BCUT2D eigenvalue weighted by Gasteiger charge is 2.30. The highest BCUT2D eigenvalue weighted by molar-refractivity contribution is 6.33. The van der Waals surface area contributed by atoms with Crippen LogP contribution in [0.25, 0.3) is 11.3 Å². The summed E-state index contributed by atoms with van der Waals surface area (Å²) in [5, 5.41) is 7.45. The number of nitrogens with one attached hydrogen (secondary N) is 1. The number of aromatic nitrogens is 2. The van der Waals surface area contributed by atoms with E-state index in [2.05, 4.69) is 10.2 Å². The first-order valence-corrected chi connectivity index (χ1v) is 9.90. The molecule has 8 heteroatoms. The van der Waals surface area contributed by atoms with E-state index < -0.39 is 23.3 Å². The predicted molar refractivity (Wildman–Crippen MR) is 108 cm³/mol. The molecular formula is C22H18ClF2N3O2. The molecule has 0 spiro atoms. The van der Waals surface area contributed by atoms with Gasteiger partial charge in [0, 0.05) is 24.6 Å². The fraction of sp³-hybridized carbons (Fsp3) is 0.227. The highest BCUT2D eigenvalue weighted by atomic mass is 35.5. The molecule has 1 aliphatic rings. The summed E-state index contributed by atoms with van der Waals surface area (Å²) in [6.45, 7) is 0.680. The van der Waals surface area contributed by atoms with Crippen LogP contribution in [0.4, 0.5) is 8.78 Å². The van der Waals surface area contributed by atoms with Gasteiger partial charge in [0.2, 0.25) is 0 Å². The molecule has 2 aromatic carbocycles. The zero-order chi connectivity index (χ0) is 21.3. The van der Waals surface area contributed by atoms with Gasteiger partial charge in [-0.2, -0.15) is 5.10 Å². The minimum Gasteiger partial charge on any atom is -0.337 e. The molecule has 0 unspecified atom stereocenters. The van der Waals surface area contributed by atoms with E-state index in [0.29, 0.717) is 42.3 Å². The van der Waals surface area contributed by atoms with Crippen molar-refractivity contribution < 1.29 is 18.4 Å². The van der Waals surface area contributed by atoms with Crippen molar-refractivity contribution in [3.63, 3.8) is 0 Å². The van der Waals surface area contributed by atoms with Crippen molar-refractivity contribution in [1.82, 2.24) is 15.1 Å². The second-order valence-electron chi connectivity index (χ2n) is 7.20. The number of H-pyrrole nitrogens is 1. The lowest BCUT2D eigenvalue weighted by molar-refractivity contribution is 0.0644. The summed E-state index contributed by atoms with van der Waals surface area (Å²) >= 11 is 6.18. The summed E-state index contributed by atoms with van der Waals surface area (Å²) < 4.78 is 27.3. The summed E-state index contributed by atoms with van der Waals surface area (Å²) in [6, 6.07) is 11.7. The predicted octanol–water partition coefficient (Wildman–Crippen LogP) is 4.74. The van der Waals surface area contributed by atoms with Crippen LogP contribution in [0.5, 0.6) is 0 Å². The smallest absolute Gasteiger partial charge is 0.271 e. The van der Waals surface area contributed by atoms with Gasteiger partial charge in [-0.15, -0.1) is 0 Å². The number of amides is 1. The number of rotatable bonds is 4. The van der Waals surface area contributed by atoms with E-state index in [4.69, 9.17) is 11.6 Å². The van der Waals surface area contributed by atoms with E-state index in [1.807, 2.05) is 18.2 Å². The molecule has 1 aliphatic heterocycles. The number of hydrogen-bond acceptors (Lipinski definition) is 3. The van der Waals surface area contributed by atoms with Crippen molar-refractivity contribution in [3.05, 3.63) is 76.4 Å². The summed E-state index contributed by atoms with van der Waals surface area (Å²) in [4.78, 5) is 27.0. The Morgan fingerprint density at radius 1 is 1.07 bits per heavy atom. The van der Waals surface area contributed by atoms with Crippen molar-refractivity contribution in [2.45, 2.75) is 12.8 Å². The van der Waals surface area contributed by atoms with Crippen LogP contribution in [0, 0.1) is 17.6 Å². The maximum Gasteiger partial charge on any atom is 0.271 e. The van der Waals surface area contributed by atoms with Crippen LogP contribution < -0.4 is 0 Å². The van der Waals surface area contributed by atoms with Gasteiger partial charge in [0.25, 0.3) is 5.91 Å². The molecule has 0 aliphatic carbocycles. The Labute approximate surface area is 176 Å². The SMILES string of the molecule is O=C(c1cc(F)ccc1F)C1CCN(C(=O)c2cc(-c3ccccc3Cl)n[nH]2)CC1. The number of aromatic amines is 1. The van der Waals surface area contributed by atoms with E-state index in [-0.39, 0.29) is 11.5 Å². The third-order valence-electron chi connectivity index (χ3n) is 5.30. The number of carbonyl (C=O) groups excluding carboxylic acids is 2. The number of Topliss-reactive ketones (excluding diaryl/α,β-unsaturated/α-hetero) is 1. The van der Waals surface area contributed by atoms with Crippen molar-refractivity contribution >= 4 is 23.3 Å². The van der Waals surface area contributed by atoms with Gasteiger partial charge in [-0.1, -0.05) is 29.8 Å². The minimum atomic E-state index is -0.732. The maximum atomic E-state index is 13.9. The fourth-order valence-electron chi connectivity index (χ4n) is 3.66. The van der Waals surface area contributed by atoms with Crippen LogP contribution in [0.2, 0.25) is 5.02 Å². The summed E-state index contributed by atoms with van der Waals surface area (Å²) in [6.07, 6.45) is 0.762. The van der Waals surface area contributed by atoms with Crippen molar-refractivity contribution in [2.75, 3.05) is 13.1 Å². The Balaban J connectivity index is 1.42. The van der Waals surface area contributed by atoms with Gasteiger partial charge in [-0.3, -0.25) is 14.7 Å². The minimum absolute atomic E-state index is 0.233. The van der Waals surface area contributed by atoms with E-state index in [1.54, 1.807) is 17.0 Å². The molecule has 1 aromatic heterocycles. The van der Waals surface area contributed by atoms with Crippen LogP contribution in [-0.2, 0) is 0 Å². The van der Waals surface area contributed by atoms with Crippen LogP contribution >= 0.6 is 11.6 Å². The van der Waals surface area contributed by atoms with Gasteiger partial charge in [0.15, 0.2) is 5.78 Å². The lowest BCUT2D eigenvalue weighted by Crippen LogP contribution is -2.40. The molecule has 0 saturated carbocycles. The Kier molecular flexibility index (Phi) is 5.63. The molecule has 1 saturated heterocycles. The van der Waals surface area contributed by atoms with Crippen molar-refractivity contribution in [3.8, 4) is 11.3 Å². The number of likely N-dealkylation sites (tertiary alicyclic amines) is 1. The van der Waals surface area contributed by atoms with Gasteiger partial charge in [0.05, 0.1) is 16.3 Å². The lowest BCUT2D eigenvalue weighted by Gasteiger charge is -2.31. The van der Waals surface area contributed by atoms with E-state index >= 15 is 0 Å². The van der Waals surface area contributed by atoms with Crippen LogP contribution in [0.15, 0.2) is 48.5 Å². The molecule has 1 N–H and O–H groups in total. The molecule has 5 nitrogen and oxygen atoms in total. The molecular weight excluding hydrogens is 412 g/mol. The summed E-state index contributed by atoms with van der Waals surface area (Å²) in [5.41, 5.74) is 1.37. The fourth-order valence-corrected chi connectivity index (χ4v) is 3.89. The molecule has 0 atom stereocenters. The average Bonchev–Trinajstić information content (AvgIpc) is 3.25. The molecule has 4 rings (SSSR count). The number of benzene rings is 2. The number of hydrogen-bond donors (Lipinski definition) is 1.